The molecule has 0 aliphatic carbocycles. The number of nitrogens with zero attached hydrogens (tertiary/aromatic N) is 1. The highest BCUT2D eigenvalue weighted by Crippen LogP contribution is 2.21. The first-order chi connectivity index (χ1) is 8.63. The van der Waals surface area contributed by atoms with Crippen LogP contribution in [0.5, 0.6) is 0 Å². The molecule has 0 atom stereocenters. The minimum atomic E-state index is -0.774. The Balaban J connectivity index is 2.05. The molecule has 5 heteroatoms. The molecule has 1 aromatic carbocycles. The van der Waals surface area contributed by atoms with Crippen molar-refractivity contribution in [3.05, 3.63) is 40.9 Å². The first-order valence-electron chi connectivity index (χ1n) is 5.63. The van der Waals surface area contributed by atoms with E-state index in [0.29, 0.717) is 6.42 Å². The van der Waals surface area contributed by atoms with Crippen LogP contribution in [0.15, 0.2) is 29.6 Å². The number of aryl methyl sites for hydroxylation is 2. The molecule has 0 fully saturated rings. The second-order valence-electron chi connectivity index (χ2n) is 4.01. The van der Waals surface area contributed by atoms with Gasteiger partial charge in [0.25, 0.3) is 0 Å². The lowest BCUT2D eigenvalue weighted by molar-refractivity contribution is -0.136. The zero-order valence-electron chi connectivity index (χ0n) is 10.0. The fraction of sp³-hybridized carbons (Fsp3) is 0.231. The minimum Gasteiger partial charge on any atom is -0.481 e. The molecule has 0 saturated carbocycles. The number of aromatic nitrogens is 1. The highest BCUT2D eigenvalue weighted by atomic mass is 32.1. The van der Waals surface area contributed by atoms with Gasteiger partial charge in [-0.2, -0.15) is 0 Å². The molecule has 2 aromatic rings. The second-order valence-corrected chi connectivity index (χ2v) is 4.87. The third kappa shape index (κ3) is 3.56. The Labute approximate surface area is 109 Å². The Morgan fingerprint density at radius 2 is 2.33 bits per heavy atom. The Kier molecular flexibility index (Phi) is 3.94. The van der Waals surface area contributed by atoms with Crippen LogP contribution in [0.25, 0.3) is 0 Å². The van der Waals surface area contributed by atoms with Crippen molar-refractivity contribution >= 4 is 28.1 Å². The lowest BCUT2D eigenvalue weighted by Crippen LogP contribution is -1.98. The predicted molar refractivity (Wildman–Crippen MR) is 72.5 cm³/mol. The highest BCUT2D eigenvalue weighted by molar-refractivity contribution is 7.13. The number of carboxylic acid groups (broad SMARTS) is 1. The summed E-state index contributed by atoms with van der Waals surface area (Å²) in [5.74, 6) is -0.774. The van der Waals surface area contributed by atoms with Crippen molar-refractivity contribution in [2.24, 2.45) is 0 Å². The third-order valence-electron chi connectivity index (χ3n) is 2.42. The molecular weight excluding hydrogens is 248 g/mol. The maximum Gasteiger partial charge on any atom is 0.303 e. The lowest BCUT2D eigenvalue weighted by atomic mass is 10.1. The zero-order chi connectivity index (χ0) is 13.0. The van der Waals surface area contributed by atoms with Gasteiger partial charge >= 0.3 is 5.97 Å². The number of anilines is 2. The van der Waals surface area contributed by atoms with E-state index in [1.165, 1.54) is 0 Å². The van der Waals surface area contributed by atoms with Crippen molar-refractivity contribution in [2.45, 2.75) is 19.8 Å². The van der Waals surface area contributed by atoms with Gasteiger partial charge in [0.15, 0.2) is 5.13 Å². The van der Waals surface area contributed by atoms with E-state index in [-0.39, 0.29) is 6.42 Å². The van der Waals surface area contributed by atoms with Crippen molar-refractivity contribution in [1.29, 1.82) is 0 Å². The van der Waals surface area contributed by atoms with Crippen LogP contribution in [0.1, 0.15) is 17.7 Å². The molecule has 4 nitrogen and oxygen atoms in total. The van der Waals surface area contributed by atoms with Crippen molar-refractivity contribution in [3.8, 4) is 0 Å². The average Bonchev–Trinajstić information content (AvgIpc) is 2.73. The smallest absolute Gasteiger partial charge is 0.303 e. The van der Waals surface area contributed by atoms with Crippen LogP contribution in [-0.4, -0.2) is 16.1 Å². The lowest BCUT2D eigenvalue weighted by Gasteiger charge is -2.05. The molecule has 1 heterocycles. The van der Waals surface area contributed by atoms with Gasteiger partial charge in [-0.25, -0.2) is 4.98 Å². The monoisotopic (exact) mass is 262 g/mol. The van der Waals surface area contributed by atoms with E-state index in [9.17, 15) is 4.79 Å². The van der Waals surface area contributed by atoms with E-state index < -0.39 is 5.97 Å². The van der Waals surface area contributed by atoms with Crippen LogP contribution in [0.2, 0.25) is 0 Å². The first-order valence-corrected chi connectivity index (χ1v) is 6.51. The van der Waals surface area contributed by atoms with Crippen LogP contribution >= 0.6 is 11.3 Å². The Morgan fingerprint density at radius 1 is 1.50 bits per heavy atom. The molecule has 0 aliphatic rings. The molecule has 0 spiro atoms. The molecule has 1 aromatic heterocycles. The molecule has 0 saturated heterocycles. The fourth-order valence-electron chi connectivity index (χ4n) is 1.59. The SMILES string of the molecule is Cc1csc(Nc2cccc(CCC(=O)O)c2)n1. The van der Waals surface area contributed by atoms with E-state index in [1.807, 2.05) is 36.6 Å². The molecule has 0 unspecified atom stereocenters. The number of thiazole rings is 1. The van der Waals surface area contributed by atoms with Crippen molar-refractivity contribution < 1.29 is 9.90 Å². The van der Waals surface area contributed by atoms with E-state index >= 15 is 0 Å². The van der Waals surface area contributed by atoms with Crippen molar-refractivity contribution in [2.75, 3.05) is 5.32 Å². The number of nitrogens with one attached hydrogen (secondary N) is 1. The van der Waals surface area contributed by atoms with Gasteiger partial charge < -0.3 is 10.4 Å². The first kappa shape index (κ1) is 12.6. The van der Waals surface area contributed by atoms with Crippen LogP contribution in [0.4, 0.5) is 10.8 Å². The maximum atomic E-state index is 10.5. The molecule has 2 N–H and O–H groups in total. The predicted octanol–water partition coefficient (Wildman–Crippen LogP) is 3.21. The summed E-state index contributed by atoms with van der Waals surface area (Å²) in [5.41, 5.74) is 2.94. The van der Waals surface area contributed by atoms with Crippen LogP contribution in [0, 0.1) is 6.92 Å². The van der Waals surface area contributed by atoms with Gasteiger partial charge in [0.05, 0.1) is 5.69 Å². The summed E-state index contributed by atoms with van der Waals surface area (Å²) in [6.45, 7) is 1.95. The summed E-state index contributed by atoms with van der Waals surface area (Å²) in [5, 5.41) is 14.7. The number of aliphatic carboxylic acids is 1. The zero-order valence-corrected chi connectivity index (χ0v) is 10.8. The fourth-order valence-corrected chi connectivity index (χ4v) is 2.30. The topological polar surface area (TPSA) is 62.2 Å². The van der Waals surface area contributed by atoms with Crippen LogP contribution < -0.4 is 5.32 Å². The van der Waals surface area contributed by atoms with E-state index in [4.69, 9.17) is 5.11 Å². The van der Waals surface area contributed by atoms with E-state index in [1.54, 1.807) is 11.3 Å². The number of carbonyl (C=O) groups is 1. The Bertz CT molecular complexity index is 551. The van der Waals surface area contributed by atoms with Gasteiger partial charge in [0, 0.05) is 17.5 Å². The number of rotatable bonds is 5. The summed E-state index contributed by atoms with van der Waals surface area (Å²) in [6, 6.07) is 7.75. The normalized spacial score (nSPS) is 10.3. The summed E-state index contributed by atoms with van der Waals surface area (Å²) >= 11 is 1.55. The molecule has 2 rings (SSSR count). The van der Waals surface area contributed by atoms with Gasteiger partial charge in [-0.15, -0.1) is 11.3 Å². The maximum absolute atomic E-state index is 10.5. The van der Waals surface area contributed by atoms with Gasteiger partial charge in [-0.3, -0.25) is 4.79 Å². The largest absolute Gasteiger partial charge is 0.481 e. The summed E-state index contributed by atoms with van der Waals surface area (Å²) < 4.78 is 0. The Morgan fingerprint density at radius 3 is 3.00 bits per heavy atom. The molecule has 0 radical (unpaired) electrons. The summed E-state index contributed by atoms with van der Waals surface area (Å²) in [7, 11) is 0. The van der Waals surface area contributed by atoms with Crippen LogP contribution in [0.3, 0.4) is 0 Å². The van der Waals surface area contributed by atoms with Gasteiger partial charge in [-0.05, 0) is 31.0 Å². The summed E-state index contributed by atoms with van der Waals surface area (Å²) in [6.07, 6.45) is 0.696. The quantitative estimate of drug-likeness (QED) is 0.868. The van der Waals surface area contributed by atoms with Crippen molar-refractivity contribution in [1.82, 2.24) is 4.98 Å². The van der Waals surface area contributed by atoms with Gasteiger partial charge in [0.1, 0.15) is 0 Å². The van der Waals surface area contributed by atoms with Gasteiger partial charge in [0.2, 0.25) is 0 Å². The molecule has 0 aliphatic heterocycles. The van der Waals surface area contributed by atoms with E-state index in [0.717, 1.165) is 22.1 Å². The molecule has 18 heavy (non-hydrogen) atoms. The summed E-state index contributed by atoms with van der Waals surface area (Å²) in [4.78, 5) is 14.9. The van der Waals surface area contributed by atoms with Gasteiger partial charge in [-0.1, -0.05) is 12.1 Å². The molecule has 94 valence electrons. The van der Waals surface area contributed by atoms with Crippen LogP contribution in [-0.2, 0) is 11.2 Å². The minimum absolute atomic E-state index is 0.153. The standard InChI is InChI=1S/C13H14N2O2S/c1-9-8-18-13(14-9)15-11-4-2-3-10(7-11)5-6-12(16)17/h2-4,7-8H,5-6H2,1H3,(H,14,15)(H,16,17). The molecule has 0 bridgehead atoms. The highest BCUT2D eigenvalue weighted by Gasteiger charge is 2.02. The third-order valence-corrected chi connectivity index (χ3v) is 3.30. The number of hydrogen-bond donors (Lipinski definition) is 2. The molecule has 0 amide bonds. The Hall–Kier alpha value is -1.88. The van der Waals surface area contributed by atoms with Crippen molar-refractivity contribution in [3.63, 3.8) is 0 Å². The average molecular weight is 262 g/mol. The number of carboxylic acids is 1. The number of benzene rings is 1. The van der Waals surface area contributed by atoms with E-state index in [2.05, 4.69) is 10.3 Å². The molecular formula is C13H14N2O2S. The second kappa shape index (κ2) is 5.64. The number of hydrogen-bond acceptors (Lipinski definition) is 4.